The van der Waals surface area contributed by atoms with Gasteiger partial charge in [-0.1, -0.05) is 6.92 Å². The van der Waals surface area contributed by atoms with Crippen LogP contribution in [0.25, 0.3) is 0 Å². The van der Waals surface area contributed by atoms with Crippen molar-refractivity contribution in [1.29, 1.82) is 0 Å². The Hall–Kier alpha value is -1.75. The van der Waals surface area contributed by atoms with Crippen LogP contribution in [0.5, 0.6) is 0 Å². The molecule has 96 valence electrons. The Kier molecular flexibility index (Phi) is 4.04. The molecule has 1 N–H and O–H groups in total. The van der Waals surface area contributed by atoms with Crippen molar-refractivity contribution in [3.8, 4) is 0 Å². The quantitative estimate of drug-likeness (QED) is 0.875. The topological polar surface area (TPSA) is 63.8 Å². The molecule has 2 heterocycles. The van der Waals surface area contributed by atoms with Gasteiger partial charge in [0.25, 0.3) is 0 Å². The van der Waals surface area contributed by atoms with E-state index in [4.69, 9.17) is 0 Å². The van der Waals surface area contributed by atoms with E-state index in [2.05, 4.69) is 28.9 Å². The number of nitrogens with zero attached hydrogens (tertiary/aromatic N) is 4. The van der Waals surface area contributed by atoms with Crippen LogP contribution in [0.1, 0.15) is 43.8 Å². The Labute approximate surface area is 107 Å². The molecular formula is C13H18N4O. The summed E-state index contributed by atoms with van der Waals surface area (Å²) in [4.78, 5) is 8.03. The van der Waals surface area contributed by atoms with Crippen LogP contribution in [-0.4, -0.2) is 24.9 Å². The van der Waals surface area contributed by atoms with Crippen molar-refractivity contribution in [2.75, 3.05) is 0 Å². The Morgan fingerprint density at radius 3 is 2.89 bits per heavy atom. The first kappa shape index (κ1) is 12.7. The third-order valence-corrected chi connectivity index (χ3v) is 3.03. The predicted molar refractivity (Wildman–Crippen MR) is 67.9 cm³/mol. The molecule has 0 saturated carbocycles. The summed E-state index contributed by atoms with van der Waals surface area (Å²) in [5.41, 5.74) is 1.45. The van der Waals surface area contributed by atoms with E-state index in [-0.39, 0.29) is 0 Å². The first-order valence-electron chi connectivity index (χ1n) is 6.18. The molecule has 2 aromatic rings. The number of aliphatic hydroxyl groups is 1. The van der Waals surface area contributed by atoms with Crippen LogP contribution < -0.4 is 0 Å². The fourth-order valence-corrected chi connectivity index (χ4v) is 1.70. The minimum atomic E-state index is -0.654. The summed E-state index contributed by atoms with van der Waals surface area (Å²) in [6.45, 7) is 4.25. The lowest BCUT2D eigenvalue weighted by Crippen LogP contribution is -2.08. The van der Waals surface area contributed by atoms with Gasteiger partial charge in [-0.05, 0) is 19.4 Å². The number of aliphatic hydroxyl groups excluding tert-OH is 1. The second kappa shape index (κ2) is 5.73. The van der Waals surface area contributed by atoms with Gasteiger partial charge >= 0.3 is 0 Å². The standard InChI is InChI=1S/C13H18N4O/c1-3-10(2)17-7-4-11(16-17)8-13(18)12-9-14-5-6-15-12/h4-7,9-10,13,18H,3,8H2,1-2H3. The molecule has 0 aromatic carbocycles. The van der Waals surface area contributed by atoms with Crippen molar-refractivity contribution < 1.29 is 5.11 Å². The number of aromatic nitrogens is 4. The zero-order valence-corrected chi connectivity index (χ0v) is 10.7. The third-order valence-electron chi connectivity index (χ3n) is 3.03. The number of hydrogen-bond donors (Lipinski definition) is 1. The van der Waals surface area contributed by atoms with E-state index in [1.807, 2.05) is 16.9 Å². The molecule has 0 bridgehead atoms. The van der Waals surface area contributed by atoms with Crippen LogP contribution >= 0.6 is 0 Å². The summed E-state index contributed by atoms with van der Waals surface area (Å²) < 4.78 is 1.93. The van der Waals surface area contributed by atoms with Gasteiger partial charge < -0.3 is 5.11 Å². The molecule has 0 aliphatic rings. The molecule has 0 aliphatic carbocycles. The van der Waals surface area contributed by atoms with Crippen molar-refractivity contribution in [2.45, 2.75) is 38.8 Å². The van der Waals surface area contributed by atoms with Gasteiger partial charge in [0, 0.05) is 31.1 Å². The zero-order chi connectivity index (χ0) is 13.0. The lowest BCUT2D eigenvalue weighted by atomic mass is 10.1. The minimum Gasteiger partial charge on any atom is -0.386 e. The Morgan fingerprint density at radius 1 is 1.39 bits per heavy atom. The molecule has 2 aromatic heterocycles. The third kappa shape index (κ3) is 2.92. The Bertz CT molecular complexity index is 483. The van der Waals surface area contributed by atoms with Gasteiger partial charge in [-0.2, -0.15) is 5.10 Å². The molecule has 0 spiro atoms. The average Bonchev–Trinajstić information content (AvgIpc) is 2.87. The highest BCUT2D eigenvalue weighted by Gasteiger charge is 2.12. The summed E-state index contributed by atoms with van der Waals surface area (Å²) in [6.07, 6.45) is 7.54. The summed E-state index contributed by atoms with van der Waals surface area (Å²) in [7, 11) is 0. The van der Waals surface area contributed by atoms with Crippen LogP contribution in [0.3, 0.4) is 0 Å². The van der Waals surface area contributed by atoms with Gasteiger partial charge in [0.05, 0.1) is 17.6 Å². The van der Waals surface area contributed by atoms with E-state index in [0.717, 1.165) is 12.1 Å². The molecule has 0 aliphatic heterocycles. The van der Waals surface area contributed by atoms with Crippen molar-refractivity contribution in [2.24, 2.45) is 0 Å². The van der Waals surface area contributed by atoms with Gasteiger partial charge in [0.15, 0.2) is 0 Å². The van der Waals surface area contributed by atoms with Crippen LogP contribution in [0.4, 0.5) is 0 Å². The minimum absolute atomic E-state index is 0.382. The van der Waals surface area contributed by atoms with Gasteiger partial charge in [0.2, 0.25) is 0 Å². The van der Waals surface area contributed by atoms with Gasteiger partial charge in [0.1, 0.15) is 6.10 Å². The predicted octanol–water partition coefficient (Wildman–Crippen LogP) is 1.92. The summed E-state index contributed by atoms with van der Waals surface area (Å²) >= 11 is 0. The molecule has 2 unspecified atom stereocenters. The van der Waals surface area contributed by atoms with Crippen LogP contribution in [0.2, 0.25) is 0 Å². The first-order valence-corrected chi connectivity index (χ1v) is 6.18. The Balaban J connectivity index is 2.03. The zero-order valence-electron chi connectivity index (χ0n) is 10.7. The van der Waals surface area contributed by atoms with Gasteiger partial charge in [-0.15, -0.1) is 0 Å². The molecule has 5 heteroatoms. The van der Waals surface area contributed by atoms with E-state index < -0.39 is 6.10 Å². The first-order chi connectivity index (χ1) is 8.70. The highest BCUT2D eigenvalue weighted by atomic mass is 16.3. The summed E-state index contributed by atoms with van der Waals surface area (Å²) in [5, 5.41) is 14.5. The fourth-order valence-electron chi connectivity index (χ4n) is 1.70. The van der Waals surface area contributed by atoms with Gasteiger partial charge in [-0.25, -0.2) is 0 Å². The maximum Gasteiger partial charge on any atom is 0.103 e. The van der Waals surface area contributed by atoms with Crippen molar-refractivity contribution in [3.05, 3.63) is 42.2 Å². The van der Waals surface area contributed by atoms with Crippen molar-refractivity contribution in [1.82, 2.24) is 19.7 Å². The van der Waals surface area contributed by atoms with Crippen LogP contribution in [0, 0.1) is 0 Å². The molecule has 2 atom stereocenters. The molecule has 0 radical (unpaired) electrons. The molecular weight excluding hydrogens is 228 g/mol. The van der Waals surface area contributed by atoms with Crippen LogP contribution in [0.15, 0.2) is 30.9 Å². The van der Waals surface area contributed by atoms with Crippen molar-refractivity contribution >= 4 is 0 Å². The monoisotopic (exact) mass is 246 g/mol. The highest BCUT2D eigenvalue weighted by Crippen LogP contribution is 2.16. The molecule has 2 rings (SSSR count). The van der Waals surface area contributed by atoms with E-state index >= 15 is 0 Å². The maximum atomic E-state index is 10.0. The molecule has 0 fully saturated rings. The Morgan fingerprint density at radius 2 is 2.22 bits per heavy atom. The molecule has 0 saturated heterocycles. The fraction of sp³-hybridized carbons (Fsp3) is 0.462. The number of rotatable bonds is 5. The highest BCUT2D eigenvalue weighted by molar-refractivity contribution is 5.07. The molecule has 0 amide bonds. The summed E-state index contributed by atoms with van der Waals surface area (Å²) in [6, 6.07) is 2.32. The summed E-state index contributed by atoms with van der Waals surface area (Å²) in [5.74, 6) is 0. The number of hydrogen-bond acceptors (Lipinski definition) is 4. The van der Waals surface area contributed by atoms with Gasteiger partial charge in [-0.3, -0.25) is 14.6 Å². The van der Waals surface area contributed by atoms with E-state index in [1.54, 1.807) is 18.6 Å². The lowest BCUT2D eigenvalue weighted by Gasteiger charge is -2.09. The maximum absolute atomic E-state index is 10.0. The average molecular weight is 246 g/mol. The second-order valence-electron chi connectivity index (χ2n) is 4.39. The lowest BCUT2D eigenvalue weighted by molar-refractivity contribution is 0.171. The van der Waals surface area contributed by atoms with E-state index in [1.165, 1.54) is 0 Å². The largest absolute Gasteiger partial charge is 0.386 e. The van der Waals surface area contributed by atoms with Crippen LogP contribution in [-0.2, 0) is 6.42 Å². The van der Waals surface area contributed by atoms with Crippen molar-refractivity contribution in [3.63, 3.8) is 0 Å². The second-order valence-corrected chi connectivity index (χ2v) is 4.39. The molecule has 5 nitrogen and oxygen atoms in total. The van der Waals surface area contributed by atoms with E-state index in [9.17, 15) is 5.11 Å². The SMILES string of the molecule is CCC(C)n1ccc(CC(O)c2cnccn2)n1. The van der Waals surface area contributed by atoms with E-state index in [0.29, 0.717) is 18.2 Å². The smallest absolute Gasteiger partial charge is 0.103 e. The normalized spacial score (nSPS) is 14.4. The molecule has 18 heavy (non-hydrogen) atoms.